The number of rotatable bonds is 5. The minimum Gasteiger partial charge on any atom is -0.346 e. The molecule has 3 aromatic rings. The molecule has 130 valence electrons. The van der Waals surface area contributed by atoms with E-state index in [2.05, 4.69) is 20.6 Å². The first-order valence-corrected chi connectivity index (χ1v) is 8.20. The molecular formula is C19H15ClN4O2. The molecule has 0 saturated carbocycles. The fourth-order valence-corrected chi connectivity index (χ4v) is 2.42. The number of nitrogens with zero attached hydrogens (tertiary/aromatic N) is 2. The molecule has 0 aliphatic rings. The Morgan fingerprint density at radius 2 is 1.77 bits per heavy atom. The zero-order chi connectivity index (χ0) is 18.4. The molecule has 2 amide bonds. The molecule has 0 aliphatic heterocycles. The van der Waals surface area contributed by atoms with Gasteiger partial charge in [-0.05, 0) is 36.4 Å². The maximum absolute atomic E-state index is 12.3. The second-order valence-electron chi connectivity index (χ2n) is 5.43. The summed E-state index contributed by atoms with van der Waals surface area (Å²) < 4.78 is 0. The number of pyridine rings is 2. The average Bonchev–Trinajstić information content (AvgIpc) is 2.67. The highest BCUT2D eigenvalue weighted by molar-refractivity contribution is 6.31. The van der Waals surface area contributed by atoms with Gasteiger partial charge in [0.2, 0.25) is 0 Å². The van der Waals surface area contributed by atoms with Crippen molar-refractivity contribution in [1.29, 1.82) is 0 Å². The summed E-state index contributed by atoms with van der Waals surface area (Å²) in [4.78, 5) is 32.7. The van der Waals surface area contributed by atoms with Crippen LogP contribution >= 0.6 is 11.6 Å². The molecule has 6 nitrogen and oxygen atoms in total. The van der Waals surface area contributed by atoms with Crippen molar-refractivity contribution in [3.05, 3.63) is 89.0 Å². The standard InChI is InChI=1S/C19H15ClN4O2/c20-15-4-3-6-16(9-15)24-19(26)14-8-13(10-21-11-14)18(25)23-12-17-5-1-2-7-22-17/h1-11H,12H2,(H,23,25)(H,24,26). The van der Waals surface area contributed by atoms with Gasteiger partial charge in [0.1, 0.15) is 0 Å². The Balaban J connectivity index is 1.67. The Hall–Kier alpha value is -3.25. The highest BCUT2D eigenvalue weighted by atomic mass is 35.5. The van der Waals surface area contributed by atoms with Crippen molar-refractivity contribution < 1.29 is 9.59 Å². The maximum Gasteiger partial charge on any atom is 0.257 e. The zero-order valence-corrected chi connectivity index (χ0v) is 14.4. The molecule has 3 rings (SSSR count). The number of halogens is 1. The van der Waals surface area contributed by atoms with Crippen molar-refractivity contribution in [3.8, 4) is 0 Å². The van der Waals surface area contributed by atoms with Gasteiger partial charge < -0.3 is 10.6 Å². The van der Waals surface area contributed by atoms with Crippen molar-refractivity contribution in [2.45, 2.75) is 6.54 Å². The fraction of sp³-hybridized carbons (Fsp3) is 0.0526. The van der Waals surface area contributed by atoms with Crippen LogP contribution in [-0.2, 0) is 6.54 Å². The number of hydrogen-bond donors (Lipinski definition) is 2. The van der Waals surface area contributed by atoms with E-state index in [9.17, 15) is 9.59 Å². The first-order valence-electron chi connectivity index (χ1n) is 7.82. The molecular weight excluding hydrogens is 352 g/mol. The van der Waals surface area contributed by atoms with Crippen molar-refractivity contribution in [2.24, 2.45) is 0 Å². The van der Waals surface area contributed by atoms with E-state index in [0.29, 0.717) is 22.8 Å². The van der Waals surface area contributed by atoms with Crippen molar-refractivity contribution in [2.75, 3.05) is 5.32 Å². The lowest BCUT2D eigenvalue weighted by Gasteiger charge is -2.08. The molecule has 0 fully saturated rings. The Kier molecular flexibility index (Phi) is 5.56. The largest absolute Gasteiger partial charge is 0.346 e. The lowest BCUT2D eigenvalue weighted by molar-refractivity contribution is 0.0950. The van der Waals surface area contributed by atoms with Crippen molar-refractivity contribution in [1.82, 2.24) is 15.3 Å². The van der Waals surface area contributed by atoms with Crippen LogP contribution in [0.25, 0.3) is 0 Å². The Morgan fingerprint density at radius 1 is 0.962 bits per heavy atom. The number of nitrogens with one attached hydrogen (secondary N) is 2. The molecule has 0 aliphatic carbocycles. The normalized spacial score (nSPS) is 10.2. The van der Waals surface area contributed by atoms with Crippen LogP contribution in [0.3, 0.4) is 0 Å². The van der Waals surface area contributed by atoms with Crippen LogP contribution in [0, 0.1) is 0 Å². The zero-order valence-electron chi connectivity index (χ0n) is 13.6. The van der Waals surface area contributed by atoms with E-state index in [1.807, 2.05) is 12.1 Å². The van der Waals surface area contributed by atoms with E-state index in [0.717, 1.165) is 5.69 Å². The molecule has 2 N–H and O–H groups in total. The molecule has 7 heteroatoms. The van der Waals surface area contributed by atoms with Gasteiger partial charge in [-0.3, -0.25) is 19.6 Å². The first kappa shape index (κ1) is 17.6. The quantitative estimate of drug-likeness (QED) is 0.725. The summed E-state index contributed by atoms with van der Waals surface area (Å²) in [7, 11) is 0. The van der Waals surface area contributed by atoms with Crippen LogP contribution in [0.15, 0.2) is 67.1 Å². The number of carbonyl (C=O) groups excluding carboxylic acids is 2. The van der Waals surface area contributed by atoms with Crippen LogP contribution in [0.4, 0.5) is 5.69 Å². The smallest absolute Gasteiger partial charge is 0.257 e. The molecule has 2 heterocycles. The number of benzene rings is 1. The van der Waals surface area contributed by atoms with Crippen LogP contribution in [0.5, 0.6) is 0 Å². The minimum absolute atomic E-state index is 0.274. The number of amides is 2. The summed E-state index contributed by atoms with van der Waals surface area (Å²) in [6.45, 7) is 0.290. The molecule has 0 saturated heterocycles. The van der Waals surface area contributed by atoms with Crippen LogP contribution in [0.1, 0.15) is 26.4 Å². The Labute approximate surface area is 155 Å². The third kappa shape index (κ3) is 4.64. The summed E-state index contributed by atoms with van der Waals surface area (Å²) >= 11 is 5.90. The highest BCUT2D eigenvalue weighted by Gasteiger charge is 2.12. The van der Waals surface area contributed by atoms with Crippen LogP contribution in [0.2, 0.25) is 5.02 Å². The summed E-state index contributed by atoms with van der Waals surface area (Å²) in [6.07, 6.45) is 4.46. The predicted octanol–water partition coefficient (Wildman–Crippen LogP) is 3.31. The molecule has 0 bridgehead atoms. The van der Waals surface area contributed by atoms with Gasteiger partial charge in [-0.2, -0.15) is 0 Å². The number of aromatic nitrogens is 2. The van der Waals surface area contributed by atoms with Crippen molar-refractivity contribution in [3.63, 3.8) is 0 Å². The molecule has 0 radical (unpaired) electrons. The van der Waals surface area contributed by atoms with E-state index < -0.39 is 0 Å². The molecule has 26 heavy (non-hydrogen) atoms. The number of carbonyl (C=O) groups is 2. The molecule has 1 aromatic carbocycles. The third-order valence-corrected chi connectivity index (χ3v) is 3.74. The maximum atomic E-state index is 12.3. The van der Waals surface area contributed by atoms with Gasteiger partial charge in [-0.15, -0.1) is 0 Å². The third-order valence-electron chi connectivity index (χ3n) is 3.50. The van der Waals surface area contributed by atoms with E-state index in [1.165, 1.54) is 18.5 Å². The van der Waals surface area contributed by atoms with Crippen molar-refractivity contribution >= 4 is 29.1 Å². The second-order valence-corrected chi connectivity index (χ2v) is 5.87. The predicted molar refractivity (Wildman–Crippen MR) is 99.0 cm³/mol. The molecule has 2 aromatic heterocycles. The SMILES string of the molecule is O=C(NCc1ccccn1)c1cncc(C(=O)Nc2cccc(Cl)c2)c1. The van der Waals surface area contributed by atoms with E-state index >= 15 is 0 Å². The summed E-state index contributed by atoms with van der Waals surface area (Å²) in [5, 5.41) is 5.98. The minimum atomic E-state index is -0.376. The lowest BCUT2D eigenvalue weighted by atomic mass is 10.1. The summed E-state index contributed by atoms with van der Waals surface area (Å²) in [6, 6.07) is 13.8. The summed E-state index contributed by atoms with van der Waals surface area (Å²) in [5.74, 6) is -0.709. The summed E-state index contributed by atoms with van der Waals surface area (Å²) in [5.41, 5.74) is 1.87. The Morgan fingerprint density at radius 3 is 2.50 bits per heavy atom. The van der Waals surface area contributed by atoms with Gasteiger partial charge >= 0.3 is 0 Å². The van der Waals surface area contributed by atoms with E-state index in [4.69, 9.17) is 11.6 Å². The number of hydrogen-bond acceptors (Lipinski definition) is 4. The molecule has 0 spiro atoms. The fourth-order valence-electron chi connectivity index (χ4n) is 2.23. The molecule has 0 unspecified atom stereocenters. The number of anilines is 1. The monoisotopic (exact) mass is 366 g/mol. The van der Waals surface area contributed by atoms with Crippen LogP contribution < -0.4 is 10.6 Å². The van der Waals surface area contributed by atoms with Gasteiger partial charge in [0.15, 0.2) is 0 Å². The Bertz CT molecular complexity index is 932. The van der Waals surface area contributed by atoms with E-state index in [1.54, 1.807) is 36.5 Å². The van der Waals surface area contributed by atoms with Gasteiger partial charge in [-0.25, -0.2) is 0 Å². The first-order chi connectivity index (χ1) is 12.6. The van der Waals surface area contributed by atoms with E-state index in [-0.39, 0.29) is 17.4 Å². The topological polar surface area (TPSA) is 84.0 Å². The average molecular weight is 367 g/mol. The van der Waals surface area contributed by atoms with Gasteiger partial charge in [0, 0.05) is 29.3 Å². The van der Waals surface area contributed by atoms with Crippen LogP contribution in [-0.4, -0.2) is 21.8 Å². The van der Waals surface area contributed by atoms with Gasteiger partial charge in [-0.1, -0.05) is 23.7 Å². The van der Waals surface area contributed by atoms with Gasteiger partial charge in [0.25, 0.3) is 11.8 Å². The highest BCUT2D eigenvalue weighted by Crippen LogP contribution is 2.16. The molecule has 0 atom stereocenters. The lowest BCUT2D eigenvalue weighted by Crippen LogP contribution is -2.24. The van der Waals surface area contributed by atoms with Gasteiger partial charge in [0.05, 0.1) is 23.4 Å². The second kappa shape index (κ2) is 8.22.